The zero-order valence-electron chi connectivity index (χ0n) is 11.5. The van der Waals surface area contributed by atoms with Crippen LogP contribution >= 0.6 is 0 Å². The molecule has 0 aromatic carbocycles. The number of imidazole rings is 1. The van der Waals surface area contributed by atoms with Gasteiger partial charge in [0, 0.05) is 18.4 Å². The summed E-state index contributed by atoms with van der Waals surface area (Å²) in [6.07, 6.45) is 9.51. The third kappa shape index (κ3) is 2.62. The lowest BCUT2D eigenvalue weighted by Gasteiger charge is -2.14. The highest BCUT2D eigenvalue weighted by Gasteiger charge is 2.20. The number of anilines is 1. The summed E-state index contributed by atoms with van der Waals surface area (Å²) < 4.78 is 1.99. The van der Waals surface area contributed by atoms with Crippen LogP contribution < -0.4 is 5.32 Å². The Balaban J connectivity index is 1.71. The first-order chi connectivity index (χ1) is 9.22. The highest BCUT2D eigenvalue weighted by molar-refractivity contribution is 5.44. The Hall–Kier alpha value is -1.84. The second kappa shape index (κ2) is 5.03. The zero-order valence-corrected chi connectivity index (χ0v) is 11.5. The van der Waals surface area contributed by atoms with Crippen molar-refractivity contribution in [2.75, 3.05) is 5.32 Å². The van der Waals surface area contributed by atoms with Gasteiger partial charge in [0.05, 0.1) is 11.9 Å². The van der Waals surface area contributed by atoms with Gasteiger partial charge in [0.1, 0.15) is 11.6 Å². The molecular weight excluding hydrogens is 236 g/mol. The first kappa shape index (κ1) is 12.2. The van der Waals surface area contributed by atoms with Gasteiger partial charge < -0.3 is 5.32 Å². The van der Waals surface area contributed by atoms with E-state index in [4.69, 9.17) is 0 Å². The molecule has 0 amide bonds. The molecule has 1 aliphatic carbocycles. The fraction of sp³-hybridized carbons (Fsp3) is 0.467. The van der Waals surface area contributed by atoms with Crippen LogP contribution in [0.1, 0.15) is 32.0 Å². The zero-order chi connectivity index (χ0) is 13.2. The fourth-order valence-corrected chi connectivity index (χ4v) is 2.81. The number of hydrogen-bond acceptors (Lipinski definition) is 3. The molecule has 0 spiro atoms. The summed E-state index contributed by atoms with van der Waals surface area (Å²) in [7, 11) is 0. The average Bonchev–Trinajstić information content (AvgIpc) is 3.00. The van der Waals surface area contributed by atoms with Gasteiger partial charge in [-0.25, -0.2) is 9.97 Å². The maximum atomic E-state index is 4.50. The van der Waals surface area contributed by atoms with Crippen molar-refractivity contribution in [2.45, 2.75) is 39.2 Å². The maximum absolute atomic E-state index is 4.50. The van der Waals surface area contributed by atoms with Gasteiger partial charge in [-0.2, -0.15) is 0 Å². The number of aryl methyl sites for hydroxylation is 1. The largest absolute Gasteiger partial charge is 0.381 e. The van der Waals surface area contributed by atoms with Crippen LogP contribution in [0.5, 0.6) is 0 Å². The van der Waals surface area contributed by atoms with Gasteiger partial charge in [0.15, 0.2) is 0 Å². The Morgan fingerprint density at radius 3 is 2.74 bits per heavy atom. The third-order valence-corrected chi connectivity index (χ3v) is 3.89. The van der Waals surface area contributed by atoms with Crippen LogP contribution in [0.15, 0.2) is 30.7 Å². The van der Waals surface area contributed by atoms with Crippen molar-refractivity contribution in [3.05, 3.63) is 36.5 Å². The lowest BCUT2D eigenvalue weighted by atomic mass is 10.1. The molecule has 1 aliphatic rings. The van der Waals surface area contributed by atoms with Crippen LogP contribution in [-0.4, -0.2) is 20.6 Å². The average molecular weight is 256 g/mol. The van der Waals surface area contributed by atoms with Crippen molar-refractivity contribution in [3.63, 3.8) is 0 Å². The van der Waals surface area contributed by atoms with E-state index in [1.165, 1.54) is 19.3 Å². The SMILES string of the molecule is Cc1nccn1-c1ccc(NC2CCC(C)C2)cn1. The van der Waals surface area contributed by atoms with Crippen molar-refractivity contribution in [1.29, 1.82) is 0 Å². The molecule has 2 aromatic rings. The first-order valence-corrected chi connectivity index (χ1v) is 6.95. The number of aromatic nitrogens is 3. The van der Waals surface area contributed by atoms with Crippen molar-refractivity contribution < 1.29 is 0 Å². The van der Waals surface area contributed by atoms with Gasteiger partial charge in [-0.1, -0.05) is 6.92 Å². The summed E-state index contributed by atoms with van der Waals surface area (Å²) in [6.45, 7) is 4.30. The molecule has 100 valence electrons. The molecule has 1 N–H and O–H groups in total. The molecule has 4 heteroatoms. The van der Waals surface area contributed by atoms with E-state index in [1.54, 1.807) is 6.20 Å². The highest BCUT2D eigenvalue weighted by atomic mass is 15.1. The second-order valence-electron chi connectivity index (χ2n) is 5.51. The molecule has 1 saturated carbocycles. The monoisotopic (exact) mass is 256 g/mol. The molecule has 4 nitrogen and oxygen atoms in total. The standard InChI is InChI=1S/C15H20N4/c1-11-3-4-13(9-11)18-14-5-6-15(17-10-14)19-8-7-16-12(19)2/h5-8,10-11,13,18H,3-4,9H2,1-2H3. The molecule has 0 bridgehead atoms. The lowest BCUT2D eigenvalue weighted by molar-refractivity contribution is 0.602. The maximum Gasteiger partial charge on any atom is 0.138 e. The minimum absolute atomic E-state index is 0.609. The van der Waals surface area contributed by atoms with E-state index >= 15 is 0 Å². The Kier molecular flexibility index (Phi) is 3.23. The smallest absolute Gasteiger partial charge is 0.138 e. The molecule has 2 heterocycles. The molecule has 2 unspecified atom stereocenters. The summed E-state index contributed by atoms with van der Waals surface area (Å²) >= 11 is 0. The summed E-state index contributed by atoms with van der Waals surface area (Å²) in [4.78, 5) is 8.72. The van der Waals surface area contributed by atoms with Gasteiger partial charge in [-0.15, -0.1) is 0 Å². The fourth-order valence-electron chi connectivity index (χ4n) is 2.81. The molecule has 19 heavy (non-hydrogen) atoms. The Labute approximate surface area is 113 Å². The van der Waals surface area contributed by atoms with Crippen LogP contribution in [-0.2, 0) is 0 Å². The van der Waals surface area contributed by atoms with Gasteiger partial charge in [0.25, 0.3) is 0 Å². The van der Waals surface area contributed by atoms with E-state index in [0.29, 0.717) is 6.04 Å². The summed E-state index contributed by atoms with van der Waals surface area (Å²) in [5, 5.41) is 3.57. The van der Waals surface area contributed by atoms with Crippen LogP contribution in [0.4, 0.5) is 5.69 Å². The molecule has 2 aromatic heterocycles. The number of rotatable bonds is 3. The predicted molar refractivity (Wildman–Crippen MR) is 76.5 cm³/mol. The Morgan fingerprint density at radius 2 is 2.16 bits per heavy atom. The van der Waals surface area contributed by atoms with Crippen LogP contribution in [0.2, 0.25) is 0 Å². The van der Waals surface area contributed by atoms with Crippen molar-refractivity contribution in [3.8, 4) is 5.82 Å². The summed E-state index contributed by atoms with van der Waals surface area (Å²) in [5.41, 5.74) is 1.11. The van der Waals surface area contributed by atoms with Crippen molar-refractivity contribution in [2.24, 2.45) is 5.92 Å². The molecule has 3 rings (SSSR count). The lowest BCUT2D eigenvalue weighted by Crippen LogP contribution is -2.15. The van der Waals surface area contributed by atoms with Crippen LogP contribution in [0.3, 0.4) is 0 Å². The number of pyridine rings is 1. The van der Waals surface area contributed by atoms with E-state index in [2.05, 4.69) is 28.3 Å². The van der Waals surface area contributed by atoms with Gasteiger partial charge >= 0.3 is 0 Å². The molecule has 1 fully saturated rings. The number of hydrogen-bond donors (Lipinski definition) is 1. The van der Waals surface area contributed by atoms with Gasteiger partial charge in [0.2, 0.25) is 0 Å². The van der Waals surface area contributed by atoms with Crippen molar-refractivity contribution in [1.82, 2.24) is 14.5 Å². The Bertz CT molecular complexity index is 544. The minimum Gasteiger partial charge on any atom is -0.381 e. The molecule has 0 saturated heterocycles. The summed E-state index contributed by atoms with van der Waals surface area (Å²) in [5.74, 6) is 2.72. The van der Waals surface area contributed by atoms with E-state index in [-0.39, 0.29) is 0 Å². The summed E-state index contributed by atoms with van der Waals surface area (Å²) in [6, 6.07) is 4.75. The van der Waals surface area contributed by atoms with Crippen LogP contribution in [0, 0.1) is 12.8 Å². The van der Waals surface area contributed by atoms with Crippen LogP contribution in [0.25, 0.3) is 5.82 Å². The molecule has 0 aliphatic heterocycles. The van der Waals surface area contributed by atoms with Gasteiger partial charge in [-0.3, -0.25) is 4.57 Å². The highest BCUT2D eigenvalue weighted by Crippen LogP contribution is 2.27. The third-order valence-electron chi connectivity index (χ3n) is 3.89. The second-order valence-corrected chi connectivity index (χ2v) is 5.51. The normalized spacial score (nSPS) is 22.6. The molecule has 2 atom stereocenters. The predicted octanol–water partition coefficient (Wildman–Crippen LogP) is 3.18. The van der Waals surface area contributed by atoms with E-state index in [1.807, 2.05) is 30.0 Å². The molecule has 0 radical (unpaired) electrons. The van der Waals surface area contributed by atoms with E-state index in [0.717, 1.165) is 23.2 Å². The molecular formula is C15H20N4. The van der Waals surface area contributed by atoms with Crippen molar-refractivity contribution >= 4 is 5.69 Å². The van der Waals surface area contributed by atoms with E-state index in [9.17, 15) is 0 Å². The number of nitrogens with one attached hydrogen (secondary N) is 1. The topological polar surface area (TPSA) is 42.7 Å². The quantitative estimate of drug-likeness (QED) is 0.917. The minimum atomic E-state index is 0.609. The van der Waals surface area contributed by atoms with Gasteiger partial charge in [-0.05, 0) is 44.2 Å². The Morgan fingerprint density at radius 1 is 1.26 bits per heavy atom. The number of nitrogens with zero attached hydrogens (tertiary/aromatic N) is 3. The van der Waals surface area contributed by atoms with E-state index < -0.39 is 0 Å². The first-order valence-electron chi connectivity index (χ1n) is 6.95.